The number of ether oxygens (including phenoxy) is 1. The second kappa shape index (κ2) is 5.91. The molecule has 0 fully saturated rings. The molecule has 2 aromatic carbocycles. The van der Waals surface area contributed by atoms with E-state index in [-0.39, 0.29) is 26.4 Å². The zero-order valence-electron chi connectivity index (χ0n) is 10.3. The molecule has 0 aliphatic rings. The number of halogens is 2. The number of rotatable bonds is 4. The monoisotopic (exact) mass is 332 g/mol. The minimum Gasteiger partial charge on any atom is -0.495 e. The Morgan fingerprint density at radius 3 is 2.30 bits per heavy atom. The van der Waals surface area contributed by atoms with Crippen LogP contribution in [0.2, 0.25) is 10.0 Å². The highest BCUT2D eigenvalue weighted by atomic mass is 35.5. The molecule has 106 valence electrons. The summed E-state index contributed by atoms with van der Waals surface area (Å²) in [6.07, 6.45) is 0. The summed E-state index contributed by atoms with van der Waals surface area (Å²) in [5, 5.41) is 0.243. The number of methoxy groups -OCH3 is 1. The van der Waals surface area contributed by atoms with Crippen molar-refractivity contribution in [3.8, 4) is 11.5 Å². The average Bonchev–Trinajstić information content (AvgIpc) is 2.43. The lowest BCUT2D eigenvalue weighted by Crippen LogP contribution is -2.11. The Hall–Kier alpha value is -1.43. The van der Waals surface area contributed by atoms with Gasteiger partial charge in [0.15, 0.2) is 5.75 Å². The van der Waals surface area contributed by atoms with Crippen LogP contribution in [-0.2, 0) is 10.1 Å². The molecule has 0 aliphatic carbocycles. The third-order valence-corrected chi connectivity index (χ3v) is 4.53. The predicted octanol–water partition coefficient (Wildman–Crippen LogP) is 3.77. The third kappa shape index (κ3) is 3.00. The SMILES string of the molecule is COc1ccccc1S(=O)(=O)Oc1cccc(Cl)c1Cl. The molecule has 7 heteroatoms. The normalized spacial score (nSPS) is 11.2. The largest absolute Gasteiger partial charge is 0.495 e. The van der Waals surface area contributed by atoms with Crippen molar-refractivity contribution in [2.75, 3.05) is 7.11 Å². The number of hydrogen-bond acceptors (Lipinski definition) is 4. The van der Waals surface area contributed by atoms with E-state index >= 15 is 0 Å². The maximum absolute atomic E-state index is 12.2. The van der Waals surface area contributed by atoms with Crippen LogP contribution in [0.25, 0.3) is 0 Å². The molecule has 2 rings (SSSR count). The smallest absolute Gasteiger partial charge is 0.342 e. The van der Waals surface area contributed by atoms with Gasteiger partial charge in [-0.3, -0.25) is 0 Å². The van der Waals surface area contributed by atoms with Crippen LogP contribution in [0.5, 0.6) is 11.5 Å². The molecule has 0 spiro atoms. The van der Waals surface area contributed by atoms with Crippen molar-refractivity contribution in [2.45, 2.75) is 4.90 Å². The second-order valence-corrected chi connectivity index (χ2v) is 6.04. The second-order valence-electron chi connectivity index (χ2n) is 3.74. The van der Waals surface area contributed by atoms with Gasteiger partial charge in [-0.2, -0.15) is 8.42 Å². The highest BCUT2D eigenvalue weighted by Gasteiger charge is 2.22. The highest BCUT2D eigenvalue weighted by Crippen LogP contribution is 2.34. The van der Waals surface area contributed by atoms with Gasteiger partial charge in [0.05, 0.1) is 12.1 Å². The first-order valence-corrected chi connectivity index (χ1v) is 7.63. The summed E-state index contributed by atoms with van der Waals surface area (Å²) in [6.45, 7) is 0. The summed E-state index contributed by atoms with van der Waals surface area (Å²) in [5.41, 5.74) is 0. The first kappa shape index (κ1) is 15.0. The Bertz CT molecular complexity index is 729. The van der Waals surface area contributed by atoms with E-state index in [1.165, 1.54) is 31.4 Å². The Morgan fingerprint density at radius 1 is 0.950 bits per heavy atom. The molecule has 0 saturated carbocycles. The van der Waals surface area contributed by atoms with Crippen molar-refractivity contribution in [3.63, 3.8) is 0 Å². The zero-order valence-corrected chi connectivity index (χ0v) is 12.7. The quantitative estimate of drug-likeness (QED) is 0.799. The Labute approximate surface area is 127 Å². The van der Waals surface area contributed by atoms with Crippen LogP contribution in [0.3, 0.4) is 0 Å². The molecule has 2 aromatic rings. The van der Waals surface area contributed by atoms with Crippen molar-refractivity contribution >= 4 is 33.3 Å². The zero-order chi connectivity index (χ0) is 14.8. The van der Waals surface area contributed by atoms with Crippen molar-refractivity contribution in [2.24, 2.45) is 0 Å². The van der Waals surface area contributed by atoms with Gasteiger partial charge in [0.1, 0.15) is 15.7 Å². The fourth-order valence-electron chi connectivity index (χ4n) is 1.54. The fraction of sp³-hybridized carbons (Fsp3) is 0.0769. The van der Waals surface area contributed by atoms with Gasteiger partial charge in [0.2, 0.25) is 0 Å². The van der Waals surface area contributed by atoms with E-state index in [0.29, 0.717) is 0 Å². The van der Waals surface area contributed by atoms with Crippen molar-refractivity contribution in [1.29, 1.82) is 0 Å². The molecular weight excluding hydrogens is 323 g/mol. The van der Waals surface area contributed by atoms with E-state index < -0.39 is 10.1 Å². The molecule has 0 saturated heterocycles. The number of benzene rings is 2. The molecule has 0 radical (unpaired) electrons. The summed E-state index contributed by atoms with van der Waals surface area (Å²) in [4.78, 5) is -0.0847. The van der Waals surface area contributed by atoms with E-state index in [4.69, 9.17) is 32.1 Å². The minimum absolute atomic E-state index is 0.0349. The first-order valence-electron chi connectivity index (χ1n) is 5.47. The van der Waals surface area contributed by atoms with E-state index in [1.54, 1.807) is 18.2 Å². The van der Waals surface area contributed by atoms with Crippen LogP contribution >= 0.6 is 23.2 Å². The molecule has 0 aromatic heterocycles. The Morgan fingerprint density at radius 2 is 1.60 bits per heavy atom. The van der Waals surface area contributed by atoms with Crippen LogP contribution in [-0.4, -0.2) is 15.5 Å². The number of hydrogen-bond donors (Lipinski definition) is 0. The molecule has 0 bridgehead atoms. The fourth-order valence-corrected chi connectivity index (χ4v) is 3.02. The molecule has 0 unspecified atom stereocenters. The molecule has 20 heavy (non-hydrogen) atoms. The van der Waals surface area contributed by atoms with E-state index in [2.05, 4.69) is 0 Å². The van der Waals surface area contributed by atoms with Crippen molar-refractivity contribution in [3.05, 3.63) is 52.5 Å². The summed E-state index contributed by atoms with van der Waals surface area (Å²) >= 11 is 11.7. The highest BCUT2D eigenvalue weighted by molar-refractivity contribution is 7.87. The lowest BCUT2D eigenvalue weighted by atomic mass is 10.3. The maximum Gasteiger partial charge on any atom is 0.342 e. The third-order valence-electron chi connectivity index (χ3n) is 2.45. The molecule has 0 heterocycles. The van der Waals surface area contributed by atoms with Crippen LogP contribution < -0.4 is 8.92 Å². The van der Waals surface area contributed by atoms with Crippen LogP contribution in [0.15, 0.2) is 47.4 Å². The Kier molecular flexibility index (Phi) is 4.42. The van der Waals surface area contributed by atoms with Gasteiger partial charge in [0.25, 0.3) is 0 Å². The lowest BCUT2D eigenvalue weighted by molar-refractivity contribution is 0.398. The van der Waals surface area contributed by atoms with E-state index in [0.717, 1.165) is 0 Å². The summed E-state index contributed by atoms with van der Waals surface area (Å²) in [5.74, 6) is 0.149. The molecule has 0 aliphatic heterocycles. The molecule has 4 nitrogen and oxygen atoms in total. The molecule has 0 amide bonds. The topological polar surface area (TPSA) is 52.6 Å². The summed E-state index contributed by atoms with van der Waals surface area (Å²) < 4.78 is 34.5. The van der Waals surface area contributed by atoms with Gasteiger partial charge < -0.3 is 8.92 Å². The summed E-state index contributed by atoms with van der Waals surface area (Å²) in [6, 6.07) is 10.6. The van der Waals surface area contributed by atoms with Gasteiger partial charge in [-0.15, -0.1) is 0 Å². The van der Waals surface area contributed by atoms with Crippen LogP contribution in [0.1, 0.15) is 0 Å². The van der Waals surface area contributed by atoms with Gasteiger partial charge in [0, 0.05) is 0 Å². The van der Waals surface area contributed by atoms with Crippen LogP contribution in [0, 0.1) is 0 Å². The number of para-hydroxylation sites is 1. The van der Waals surface area contributed by atoms with E-state index in [1.807, 2.05) is 0 Å². The Balaban J connectivity index is 2.44. The maximum atomic E-state index is 12.2. The lowest BCUT2D eigenvalue weighted by Gasteiger charge is -2.11. The van der Waals surface area contributed by atoms with Crippen LogP contribution in [0.4, 0.5) is 0 Å². The summed E-state index contributed by atoms with van der Waals surface area (Å²) in [7, 11) is -2.69. The first-order chi connectivity index (χ1) is 9.45. The van der Waals surface area contributed by atoms with Gasteiger partial charge >= 0.3 is 10.1 Å². The molecule has 0 atom stereocenters. The average molecular weight is 333 g/mol. The van der Waals surface area contributed by atoms with Gasteiger partial charge in [-0.1, -0.05) is 41.4 Å². The van der Waals surface area contributed by atoms with Crippen molar-refractivity contribution < 1.29 is 17.3 Å². The standard InChI is InChI=1S/C13H10Cl2O4S/c1-18-10-6-2-3-8-12(10)20(16,17)19-11-7-4-5-9(14)13(11)15/h2-8H,1H3. The predicted molar refractivity (Wildman–Crippen MR) is 77.3 cm³/mol. The molecule has 0 N–H and O–H groups in total. The van der Waals surface area contributed by atoms with Crippen molar-refractivity contribution in [1.82, 2.24) is 0 Å². The van der Waals surface area contributed by atoms with Gasteiger partial charge in [-0.05, 0) is 24.3 Å². The molecular formula is C13H10Cl2O4S. The van der Waals surface area contributed by atoms with E-state index in [9.17, 15) is 8.42 Å². The van der Waals surface area contributed by atoms with Gasteiger partial charge in [-0.25, -0.2) is 0 Å². The minimum atomic E-state index is -4.06.